The van der Waals surface area contributed by atoms with Crippen LogP contribution < -0.4 is 5.32 Å². The number of carboxylic acid groups (broad SMARTS) is 1. The number of ether oxygens (including phenoxy) is 1. The highest BCUT2D eigenvalue weighted by molar-refractivity contribution is 5.69. The van der Waals surface area contributed by atoms with Gasteiger partial charge in [0.2, 0.25) is 0 Å². The van der Waals surface area contributed by atoms with E-state index in [-0.39, 0.29) is 18.4 Å². The van der Waals surface area contributed by atoms with Crippen molar-refractivity contribution in [3.8, 4) is 0 Å². The van der Waals surface area contributed by atoms with Crippen LogP contribution in [0.25, 0.3) is 0 Å². The van der Waals surface area contributed by atoms with Gasteiger partial charge in [-0.2, -0.15) is 0 Å². The van der Waals surface area contributed by atoms with E-state index >= 15 is 0 Å². The average Bonchev–Trinajstić information content (AvgIpc) is 2.47. The molecule has 2 atom stereocenters. The van der Waals surface area contributed by atoms with Crippen molar-refractivity contribution in [3.63, 3.8) is 0 Å². The van der Waals surface area contributed by atoms with Gasteiger partial charge in [0.05, 0.1) is 6.42 Å². The van der Waals surface area contributed by atoms with E-state index in [1.807, 2.05) is 0 Å². The molecule has 0 aromatic heterocycles. The van der Waals surface area contributed by atoms with Crippen molar-refractivity contribution in [1.29, 1.82) is 0 Å². The monoisotopic (exact) mass is 243 g/mol. The summed E-state index contributed by atoms with van der Waals surface area (Å²) in [5, 5.41) is 11.5. The highest BCUT2D eigenvalue weighted by Crippen LogP contribution is 2.28. The van der Waals surface area contributed by atoms with E-state index in [4.69, 9.17) is 9.84 Å². The molecule has 17 heavy (non-hydrogen) atoms. The molecule has 98 valence electrons. The van der Waals surface area contributed by atoms with E-state index in [1.54, 1.807) is 20.8 Å². The molecule has 1 fully saturated rings. The summed E-state index contributed by atoms with van der Waals surface area (Å²) in [7, 11) is 0. The fourth-order valence-corrected chi connectivity index (χ4v) is 2.15. The first kappa shape index (κ1) is 13.8. The lowest BCUT2D eigenvalue weighted by Gasteiger charge is -2.24. The molecule has 0 heterocycles. The zero-order valence-corrected chi connectivity index (χ0v) is 10.7. The van der Waals surface area contributed by atoms with Crippen LogP contribution in [0, 0.1) is 5.92 Å². The lowest BCUT2D eigenvalue weighted by Crippen LogP contribution is -2.41. The van der Waals surface area contributed by atoms with Gasteiger partial charge in [-0.1, -0.05) is 6.42 Å². The van der Waals surface area contributed by atoms with Crippen molar-refractivity contribution in [1.82, 2.24) is 5.32 Å². The Morgan fingerprint density at radius 3 is 2.53 bits per heavy atom. The van der Waals surface area contributed by atoms with Crippen molar-refractivity contribution in [2.75, 3.05) is 0 Å². The van der Waals surface area contributed by atoms with E-state index in [0.29, 0.717) is 0 Å². The van der Waals surface area contributed by atoms with Crippen LogP contribution in [-0.4, -0.2) is 28.8 Å². The largest absolute Gasteiger partial charge is 0.481 e. The van der Waals surface area contributed by atoms with Gasteiger partial charge >= 0.3 is 12.1 Å². The highest BCUT2D eigenvalue weighted by atomic mass is 16.6. The number of nitrogens with one attached hydrogen (secondary N) is 1. The minimum atomic E-state index is -0.812. The first-order chi connectivity index (χ1) is 7.78. The molecule has 1 amide bonds. The summed E-state index contributed by atoms with van der Waals surface area (Å²) in [6, 6.07) is -0.0686. The van der Waals surface area contributed by atoms with Crippen molar-refractivity contribution in [3.05, 3.63) is 0 Å². The minimum absolute atomic E-state index is 0.0278. The molecule has 0 aliphatic heterocycles. The molecule has 5 heteroatoms. The Labute approximate surface area is 102 Å². The summed E-state index contributed by atoms with van der Waals surface area (Å²) in [6.07, 6.45) is 2.29. The lowest BCUT2D eigenvalue weighted by atomic mass is 10.00. The van der Waals surface area contributed by atoms with Crippen LogP contribution in [0.1, 0.15) is 46.5 Å². The van der Waals surface area contributed by atoms with Gasteiger partial charge < -0.3 is 15.2 Å². The van der Waals surface area contributed by atoms with Gasteiger partial charge in [0, 0.05) is 6.04 Å². The zero-order chi connectivity index (χ0) is 13.1. The van der Waals surface area contributed by atoms with Gasteiger partial charge in [0.1, 0.15) is 5.60 Å². The molecule has 2 N–H and O–H groups in total. The maximum Gasteiger partial charge on any atom is 0.407 e. The standard InChI is InChI=1S/C12H21NO4/c1-12(2,3)17-11(16)13-9-6-4-5-8(9)7-10(14)15/h8-9H,4-7H2,1-3H3,(H,13,16)(H,14,15)/t8-,9+/m0/s1. The molecule has 0 aromatic carbocycles. The number of carbonyl (C=O) groups excluding carboxylic acids is 1. The highest BCUT2D eigenvalue weighted by Gasteiger charge is 2.31. The normalized spacial score (nSPS) is 24.4. The zero-order valence-electron chi connectivity index (χ0n) is 10.7. The van der Waals surface area contributed by atoms with Crippen LogP contribution in [0.4, 0.5) is 4.79 Å². The molecule has 5 nitrogen and oxygen atoms in total. The number of alkyl carbamates (subject to hydrolysis) is 1. The number of amides is 1. The predicted molar refractivity (Wildman–Crippen MR) is 62.8 cm³/mol. The Balaban J connectivity index is 2.44. The number of carboxylic acids is 1. The van der Waals surface area contributed by atoms with E-state index in [1.165, 1.54) is 0 Å². The Hall–Kier alpha value is -1.26. The predicted octanol–water partition coefficient (Wildman–Crippen LogP) is 2.15. The third-order valence-corrected chi connectivity index (χ3v) is 2.80. The summed E-state index contributed by atoms with van der Waals surface area (Å²) in [4.78, 5) is 22.2. The second-order valence-corrected chi connectivity index (χ2v) is 5.54. The molecular weight excluding hydrogens is 222 g/mol. The van der Waals surface area contributed by atoms with E-state index in [0.717, 1.165) is 19.3 Å². The SMILES string of the molecule is CC(C)(C)OC(=O)N[C@@H]1CCC[C@H]1CC(=O)O. The minimum Gasteiger partial charge on any atom is -0.481 e. The van der Waals surface area contributed by atoms with Crippen molar-refractivity contribution in [2.24, 2.45) is 5.92 Å². The number of rotatable bonds is 3. The first-order valence-corrected chi connectivity index (χ1v) is 5.99. The van der Waals surface area contributed by atoms with Gasteiger partial charge in [0.15, 0.2) is 0 Å². The van der Waals surface area contributed by atoms with Crippen LogP contribution in [0.2, 0.25) is 0 Å². The fourth-order valence-electron chi connectivity index (χ4n) is 2.15. The molecule has 0 radical (unpaired) electrons. The van der Waals surface area contributed by atoms with Crippen molar-refractivity contribution < 1.29 is 19.4 Å². The van der Waals surface area contributed by atoms with Crippen LogP contribution in [0.15, 0.2) is 0 Å². The molecule has 0 saturated heterocycles. The summed E-state index contributed by atoms with van der Waals surface area (Å²) >= 11 is 0. The second kappa shape index (κ2) is 5.38. The Morgan fingerprint density at radius 1 is 1.35 bits per heavy atom. The molecule has 0 spiro atoms. The Morgan fingerprint density at radius 2 is 2.00 bits per heavy atom. The summed E-state index contributed by atoms with van der Waals surface area (Å²) in [5.74, 6) is -0.784. The van der Waals surface area contributed by atoms with E-state index in [9.17, 15) is 9.59 Å². The number of aliphatic carboxylic acids is 1. The smallest absolute Gasteiger partial charge is 0.407 e. The van der Waals surface area contributed by atoms with Crippen LogP contribution in [-0.2, 0) is 9.53 Å². The fraction of sp³-hybridized carbons (Fsp3) is 0.833. The van der Waals surface area contributed by atoms with E-state index in [2.05, 4.69) is 5.32 Å². The average molecular weight is 243 g/mol. The van der Waals surface area contributed by atoms with Crippen molar-refractivity contribution in [2.45, 2.75) is 58.1 Å². The molecule has 0 aromatic rings. The van der Waals surface area contributed by atoms with Gasteiger partial charge in [-0.05, 0) is 39.5 Å². The summed E-state index contributed by atoms with van der Waals surface area (Å²) in [6.45, 7) is 5.40. The summed E-state index contributed by atoms with van der Waals surface area (Å²) in [5.41, 5.74) is -0.523. The van der Waals surface area contributed by atoms with Gasteiger partial charge in [-0.25, -0.2) is 4.79 Å². The number of hydrogen-bond acceptors (Lipinski definition) is 3. The van der Waals surface area contributed by atoms with Crippen LogP contribution in [0.3, 0.4) is 0 Å². The van der Waals surface area contributed by atoms with E-state index < -0.39 is 17.7 Å². The Bertz CT molecular complexity index is 295. The summed E-state index contributed by atoms with van der Waals surface area (Å²) < 4.78 is 5.16. The maximum atomic E-state index is 11.6. The molecular formula is C12H21NO4. The molecule has 1 aliphatic carbocycles. The van der Waals surface area contributed by atoms with Gasteiger partial charge in [-0.3, -0.25) is 4.79 Å². The molecule has 1 aliphatic rings. The van der Waals surface area contributed by atoms with Crippen molar-refractivity contribution >= 4 is 12.1 Å². The van der Waals surface area contributed by atoms with Gasteiger partial charge in [0.25, 0.3) is 0 Å². The van der Waals surface area contributed by atoms with Gasteiger partial charge in [-0.15, -0.1) is 0 Å². The topological polar surface area (TPSA) is 75.6 Å². The molecule has 0 unspecified atom stereocenters. The third kappa shape index (κ3) is 5.06. The quantitative estimate of drug-likeness (QED) is 0.796. The molecule has 1 saturated carbocycles. The Kier molecular flexibility index (Phi) is 4.37. The third-order valence-electron chi connectivity index (χ3n) is 2.80. The first-order valence-electron chi connectivity index (χ1n) is 5.99. The number of hydrogen-bond donors (Lipinski definition) is 2. The molecule has 1 rings (SSSR count). The van der Waals surface area contributed by atoms with Crippen LogP contribution >= 0.6 is 0 Å². The van der Waals surface area contributed by atoms with Crippen LogP contribution in [0.5, 0.6) is 0 Å². The number of carbonyl (C=O) groups is 2. The second-order valence-electron chi connectivity index (χ2n) is 5.54. The maximum absolute atomic E-state index is 11.6. The molecule has 0 bridgehead atoms. The lowest BCUT2D eigenvalue weighted by molar-refractivity contribution is -0.138.